The number of hydrogen-bond acceptors (Lipinski definition) is 4. The van der Waals surface area contributed by atoms with Crippen LogP contribution in [0.5, 0.6) is 5.75 Å². The van der Waals surface area contributed by atoms with Crippen molar-refractivity contribution >= 4 is 17.5 Å². The second kappa shape index (κ2) is 7.85. The van der Waals surface area contributed by atoms with Gasteiger partial charge in [-0.3, -0.25) is 4.79 Å². The van der Waals surface area contributed by atoms with Crippen molar-refractivity contribution in [3.8, 4) is 5.75 Å². The number of carbonyl (C=O) groups is 1. The Hall–Kier alpha value is -1.78. The number of aryl methyl sites for hydroxylation is 1. The number of rotatable bonds is 5. The van der Waals surface area contributed by atoms with Gasteiger partial charge in [-0.25, -0.2) is 0 Å². The maximum atomic E-state index is 12.6. The fourth-order valence-corrected chi connectivity index (χ4v) is 4.63. The van der Waals surface area contributed by atoms with E-state index in [1.54, 1.807) is 11.8 Å². The number of Topliss-reactive ketones (excluding diaryl/α,β-unsaturated/α-hetero) is 1. The first-order valence-electron chi connectivity index (χ1n) is 9.41. The molecule has 0 radical (unpaired) electrons. The van der Waals surface area contributed by atoms with Crippen LogP contribution >= 0.6 is 11.8 Å². The van der Waals surface area contributed by atoms with Crippen molar-refractivity contribution in [3.63, 3.8) is 0 Å². The summed E-state index contributed by atoms with van der Waals surface area (Å²) in [6.45, 7) is 5.87. The summed E-state index contributed by atoms with van der Waals surface area (Å²) in [7, 11) is 0. The predicted molar refractivity (Wildman–Crippen MR) is 107 cm³/mol. The van der Waals surface area contributed by atoms with E-state index in [2.05, 4.69) is 36.1 Å². The number of benzene rings is 2. The summed E-state index contributed by atoms with van der Waals surface area (Å²) < 4.78 is 5.62. The molecule has 4 rings (SSSR count). The van der Waals surface area contributed by atoms with E-state index in [1.807, 2.05) is 18.2 Å². The van der Waals surface area contributed by atoms with Crippen LogP contribution in [0, 0.1) is 6.92 Å². The van der Waals surface area contributed by atoms with Gasteiger partial charge in [-0.2, -0.15) is 0 Å². The third-order valence-electron chi connectivity index (χ3n) is 5.34. The van der Waals surface area contributed by atoms with Gasteiger partial charge in [0.1, 0.15) is 5.75 Å². The highest BCUT2D eigenvalue weighted by Crippen LogP contribution is 2.34. The van der Waals surface area contributed by atoms with Crippen LogP contribution in [0.3, 0.4) is 0 Å². The van der Waals surface area contributed by atoms with Gasteiger partial charge >= 0.3 is 0 Å². The molecular weight excluding hydrogens is 342 g/mol. The van der Waals surface area contributed by atoms with Crippen molar-refractivity contribution in [2.75, 3.05) is 32.0 Å². The highest BCUT2D eigenvalue weighted by atomic mass is 32.2. The zero-order valence-electron chi connectivity index (χ0n) is 15.2. The summed E-state index contributed by atoms with van der Waals surface area (Å²) in [6.07, 6.45) is 1.77. The van der Waals surface area contributed by atoms with Crippen molar-refractivity contribution in [2.45, 2.75) is 30.6 Å². The summed E-state index contributed by atoms with van der Waals surface area (Å²) in [4.78, 5) is 16.1. The molecule has 2 aromatic rings. The van der Waals surface area contributed by atoms with E-state index < -0.39 is 0 Å². The molecule has 0 bridgehead atoms. The molecule has 2 aliphatic heterocycles. The molecular formula is C22H25NO2S. The minimum absolute atomic E-state index is 0.234. The van der Waals surface area contributed by atoms with Gasteiger partial charge in [0.25, 0.3) is 0 Å². The van der Waals surface area contributed by atoms with Crippen LogP contribution in [-0.4, -0.2) is 42.7 Å². The Balaban J connectivity index is 1.31. The lowest BCUT2D eigenvalue weighted by Gasteiger charge is -2.18. The molecule has 1 fully saturated rings. The number of hydrogen-bond donors (Lipinski definition) is 0. The van der Waals surface area contributed by atoms with E-state index in [0.717, 1.165) is 48.2 Å². The monoisotopic (exact) mass is 367 g/mol. The van der Waals surface area contributed by atoms with E-state index in [4.69, 9.17) is 4.74 Å². The molecule has 0 amide bonds. The Bertz CT molecular complexity index is 787. The molecule has 1 atom stereocenters. The average molecular weight is 368 g/mol. The number of nitrogens with zero attached hydrogens (tertiary/aromatic N) is 1. The molecule has 136 valence electrons. The van der Waals surface area contributed by atoms with Gasteiger partial charge in [0.05, 0.1) is 11.5 Å². The van der Waals surface area contributed by atoms with Crippen LogP contribution < -0.4 is 4.74 Å². The number of likely N-dealkylation sites (tertiary alicyclic amines) is 1. The summed E-state index contributed by atoms with van der Waals surface area (Å²) in [6, 6.07) is 14.7. The Morgan fingerprint density at radius 3 is 2.92 bits per heavy atom. The third-order valence-corrected chi connectivity index (χ3v) is 6.34. The maximum Gasteiger partial charge on any atom is 0.164 e. The first-order valence-corrected chi connectivity index (χ1v) is 10.4. The van der Waals surface area contributed by atoms with E-state index in [0.29, 0.717) is 12.3 Å². The molecule has 3 nitrogen and oxygen atoms in total. The average Bonchev–Trinajstić information content (AvgIpc) is 3.15. The molecule has 26 heavy (non-hydrogen) atoms. The lowest BCUT2D eigenvalue weighted by atomic mass is 9.97. The zero-order valence-corrected chi connectivity index (χ0v) is 16.1. The molecule has 1 saturated heterocycles. The largest absolute Gasteiger partial charge is 0.492 e. The highest BCUT2D eigenvalue weighted by molar-refractivity contribution is 7.99. The standard InChI is InChI=1S/C22H25NO2S/c1-16-2-4-17(5-3-16)19-8-10-23(15-19)11-9-20(24)18-6-7-21-22(14-18)26-13-12-25-21/h2-7,14,19H,8-13,15H2,1H3. The highest BCUT2D eigenvalue weighted by Gasteiger charge is 2.24. The molecule has 0 saturated carbocycles. The lowest BCUT2D eigenvalue weighted by Crippen LogP contribution is -2.23. The van der Waals surface area contributed by atoms with Gasteiger partial charge in [-0.1, -0.05) is 29.8 Å². The summed E-state index contributed by atoms with van der Waals surface area (Å²) in [5.41, 5.74) is 3.55. The number of fused-ring (bicyclic) bond motifs is 1. The van der Waals surface area contributed by atoms with Gasteiger partial charge < -0.3 is 9.64 Å². The number of thioether (sulfide) groups is 1. The Kier molecular flexibility index (Phi) is 5.32. The van der Waals surface area contributed by atoms with E-state index in [-0.39, 0.29) is 5.78 Å². The summed E-state index contributed by atoms with van der Waals surface area (Å²) in [5.74, 6) is 2.71. The van der Waals surface area contributed by atoms with Crippen LogP contribution in [0.15, 0.2) is 47.4 Å². The molecule has 0 aliphatic carbocycles. The van der Waals surface area contributed by atoms with E-state index >= 15 is 0 Å². The van der Waals surface area contributed by atoms with Crippen LogP contribution in [0.4, 0.5) is 0 Å². The third kappa shape index (κ3) is 3.97. The Morgan fingerprint density at radius 2 is 2.08 bits per heavy atom. The van der Waals surface area contributed by atoms with Gasteiger partial charge in [0.2, 0.25) is 0 Å². The number of ether oxygens (including phenoxy) is 1. The second-order valence-corrected chi connectivity index (χ2v) is 8.37. The molecule has 2 aliphatic rings. The Morgan fingerprint density at radius 1 is 1.23 bits per heavy atom. The maximum absolute atomic E-state index is 12.6. The molecule has 1 unspecified atom stereocenters. The SMILES string of the molecule is Cc1ccc(C2CCN(CCC(=O)c3ccc4c(c3)SCCO4)C2)cc1. The van der Waals surface area contributed by atoms with Crippen molar-refractivity contribution in [2.24, 2.45) is 0 Å². The predicted octanol–water partition coefficient (Wildman–Crippen LogP) is 4.54. The molecule has 0 N–H and O–H groups in total. The fraction of sp³-hybridized carbons (Fsp3) is 0.409. The summed E-state index contributed by atoms with van der Waals surface area (Å²) in [5, 5.41) is 0. The van der Waals surface area contributed by atoms with Crippen molar-refractivity contribution in [1.82, 2.24) is 4.90 Å². The number of carbonyl (C=O) groups excluding carboxylic acids is 1. The smallest absolute Gasteiger partial charge is 0.164 e. The molecule has 0 aromatic heterocycles. The molecule has 4 heteroatoms. The van der Waals surface area contributed by atoms with Crippen LogP contribution in [0.1, 0.15) is 40.2 Å². The van der Waals surface area contributed by atoms with Crippen molar-refractivity contribution in [3.05, 3.63) is 59.2 Å². The zero-order chi connectivity index (χ0) is 17.9. The van der Waals surface area contributed by atoms with E-state index in [9.17, 15) is 4.79 Å². The van der Waals surface area contributed by atoms with Gasteiger partial charge in [0.15, 0.2) is 5.78 Å². The lowest BCUT2D eigenvalue weighted by molar-refractivity contribution is 0.0968. The normalized spacial score (nSPS) is 19.8. The quantitative estimate of drug-likeness (QED) is 0.726. The van der Waals surface area contributed by atoms with Crippen molar-refractivity contribution in [1.29, 1.82) is 0 Å². The van der Waals surface area contributed by atoms with Crippen LogP contribution in [0.2, 0.25) is 0 Å². The fourth-order valence-electron chi connectivity index (χ4n) is 3.77. The number of ketones is 1. The van der Waals surface area contributed by atoms with Gasteiger partial charge in [-0.15, -0.1) is 11.8 Å². The minimum Gasteiger partial charge on any atom is -0.492 e. The van der Waals surface area contributed by atoms with Gasteiger partial charge in [0, 0.05) is 30.8 Å². The molecule has 2 aromatic carbocycles. The Labute approximate surface area is 159 Å². The first kappa shape index (κ1) is 17.6. The molecule has 2 heterocycles. The van der Waals surface area contributed by atoms with Crippen LogP contribution in [0.25, 0.3) is 0 Å². The topological polar surface area (TPSA) is 29.5 Å². The van der Waals surface area contributed by atoms with Gasteiger partial charge in [-0.05, 0) is 49.6 Å². The summed E-state index contributed by atoms with van der Waals surface area (Å²) >= 11 is 1.77. The molecule has 0 spiro atoms. The van der Waals surface area contributed by atoms with Crippen molar-refractivity contribution < 1.29 is 9.53 Å². The first-order chi connectivity index (χ1) is 12.7. The van der Waals surface area contributed by atoms with Crippen LogP contribution in [-0.2, 0) is 0 Å². The van der Waals surface area contributed by atoms with E-state index in [1.165, 1.54) is 17.5 Å². The second-order valence-electron chi connectivity index (χ2n) is 7.23. The minimum atomic E-state index is 0.234.